The zero-order valence-electron chi connectivity index (χ0n) is 13.2. The Morgan fingerprint density at radius 3 is 2.41 bits per heavy atom. The van der Waals surface area contributed by atoms with Crippen molar-refractivity contribution >= 4 is 24.3 Å². The van der Waals surface area contributed by atoms with Gasteiger partial charge < -0.3 is 11.1 Å². The van der Waals surface area contributed by atoms with Crippen LogP contribution in [0.5, 0.6) is 0 Å². The van der Waals surface area contributed by atoms with Gasteiger partial charge in [-0.3, -0.25) is 15.0 Å². The standard InChI is InChI=1S/C15H28N4O2.ClH/c16-10-13-8-4-5-9-19(13)11-14(20)18-15(21)17-12-6-2-1-3-7-12;/h12-13H,1-11,16H2,(H2,17,18,20,21);1H. The fourth-order valence-electron chi connectivity index (χ4n) is 3.35. The maximum Gasteiger partial charge on any atom is 0.321 e. The van der Waals surface area contributed by atoms with Crippen molar-refractivity contribution in [2.24, 2.45) is 5.73 Å². The van der Waals surface area contributed by atoms with E-state index in [1.807, 2.05) is 0 Å². The van der Waals surface area contributed by atoms with Gasteiger partial charge in [0.25, 0.3) is 0 Å². The molecule has 4 N–H and O–H groups in total. The van der Waals surface area contributed by atoms with Crippen LogP contribution in [-0.4, -0.2) is 48.6 Å². The number of hydrogen-bond acceptors (Lipinski definition) is 4. The highest BCUT2D eigenvalue weighted by Crippen LogP contribution is 2.17. The summed E-state index contributed by atoms with van der Waals surface area (Å²) in [5, 5.41) is 5.35. The van der Waals surface area contributed by atoms with Crippen LogP contribution >= 0.6 is 12.4 Å². The highest BCUT2D eigenvalue weighted by Gasteiger charge is 2.24. The maximum absolute atomic E-state index is 12.0. The van der Waals surface area contributed by atoms with E-state index in [-0.39, 0.29) is 43.0 Å². The van der Waals surface area contributed by atoms with Crippen molar-refractivity contribution in [2.45, 2.75) is 63.5 Å². The molecule has 2 aliphatic rings. The molecule has 1 saturated heterocycles. The van der Waals surface area contributed by atoms with E-state index in [0.29, 0.717) is 6.54 Å². The van der Waals surface area contributed by atoms with Gasteiger partial charge in [0.2, 0.25) is 5.91 Å². The molecule has 6 nitrogen and oxygen atoms in total. The summed E-state index contributed by atoms with van der Waals surface area (Å²) in [6.45, 7) is 1.72. The Balaban J connectivity index is 0.00000242. The zero-order chi connectivity index (χ0) is 15.1. The first-order valence-electron chi connectivity index (χ1n) is 8.23. The van der Waals surface area contributed by atoms with E-state index in [1.54, 1.807) is 0 Å². The number of nitrogens with two attached hydrogens (primary N) is 1. The number of likely N-dealkylation sites (tertiary alicyclic amines) is 1. The average molecular weight is 333 g/mol. The second kappa shape index (κ2) is 10.0. The average Bonchev–Trinajstić information content (AvgIpc) is 2.48. The fraction of sp³-hybridized carbons (Fsp3) is 0.867. The molecule has 2 fully saturated rings. The van der Waals surface area contributed by atoms with Crippen LogP contribution in [0.3, 0.4) is 0 Å². The van der Waals surface area contributed by atoms with Crippen molar-refractivity contribution < 1.29 is 9.59 Å². The number of carbonyl (C=O) groups excluding carboxylic acids is 2. The lowest BCUT2D eigenvalue weighted by molar-refractivity contribution is -0.122. The van der Waals surface area contributed by atoms with Crippen molar-refractivity contribution in [1.29, 1.82) is 0 Å². The lowest BCUT2D eigenvalue weighted by atomic mass is 9.96. The predicted molar refractivity (Wildman–Crippen MR) is 89.1 cm³/mol. The molecule has 0 aromatic carbocycles. The van der Waals surface area contributed by atoms with Crippen LogP contribution < -0.4 is 16.4 Å². The number of rotatable bonds is 4. The van der Waals surface area contributed by atoms with E-state index in [2.05, 4.69) is 15.5 Å². The third-order valence-electron chi connectivity index (χ3n) is 4.56. The number of carbonyl (C=O) groups is 2. The Bertz CT molecular complexity index is 361. The molecule has 7 heteroatoms. The molecule has 3 amide bonds. The van der Waals surface area contributed by atoms with Crippen molar-refractivity contribution in [1.82, 2.24) is 15.5 Å². The lowest BCUT2D eigenvalue weighted by Gasteiger charge is -2.34. The first-order chi connectivity index (χ1) is 10.2. The van der Waals surface area contributed by atoms with E-state index in [0.717, 1.165) is 45.1 Å². The molecule has 1 aliphatic heterocycles. The first kappa shape index (κ1) is 19.2. The van der Waals surface area contributed by atoms with Gasteiger partial charge in [-0.25, -0.2) is 4.79 Å². The van der Waals surface area contributed by atoms with Gasteiger partial charge >= 0.3 is 6.03 Å². The minimum absolute atomic E-state index is 0. The summed E-state index contributed by atoms with van der Waals surface area (Å²) in [6.07, 6.45) is 8.90. The lowest BCUT2D eigenvalue weighted by Crippen LogP contribution is -2.51. The van der Waals surface area contributed by atoms with Gasteiger partial charge in [-0.2, -0.15) is 0 Å². The van der Waals surface area contributed by atoms with E-state index in [9.17, 15) is 9.59 Å². The number of piperidine rings is 1. The highest BCUT2D eigenvalue weighted by atomic mass is 35.5. The van der Waals surface area contributed by atoms with Gasteiger partial charge in [0.15, 0.2) is 0 Å². The molecular weight excluding hydrogens is 304 g/mol. The Labute approximate surface area is 139 Å². The van der Waals surface area contributed by atoms with Crippen molar-refractivity contribution in [3.8, 4) is 0 Å². The molecule has 1 saturated carbocycles. The number of urea groups is 1. The van der Waals surface area contributed by atoms with Crippen molar-refractivity contribution in [3.05, 3.63) is 0 Å². The molecule has 2 rings (SSSR count). The molecule has 0 aromatic heterocycles. The van der Waals surface area contributed by atoms with Gasteiger partial charge in [0.1, 0.15) is 0 Å². The van der Waals surface area contributed by atoms with Crippen LogP contribution in [0.2, 0.25) is 0 Å². The summed E-state index contributed by atoms with van der Waals surface area (Å²) in [4.78, 5) is 25.9. The van der Waals surface area contributed by atoms with Crippen LogP contribution in [0.1, 0.15) is 51.4 Å². The second-order valence-electron chi connectivity index (χ2n) is 6.21. The SMILES string of the molecule is Cl.NCC1CCCCN1CC(=O)NC(=O)NC1CCCCC1. The third kappa shape index (κ3) is 6.10. The van der Waals surface area contributed by atoms with Crippen LogP contribution in [0.15, 0.2) is 0 Å². The molecule has 128 valence electrons. The van der Waals surface area contributed by atoms with Crippen molar-refractivity contribution in [2.75, 3.05) is 19.6 Å². The highest BCUT2D eigenvalue weighted by molar-refractivity contribution is 5.95. The normalized spacial score (nSPS) is 23.4. The summed E-state index contributed by atoms with van der Waals surface area (Å²) in [7, 11) is 0. The number of amides is 3. The smallest absolute Gasteiger partial charge is 0.321 e. The number of nitrogens with zero attached hydrogens (tertiary/aromatic N) is 1. The predicted octanol–water partition coefficient (Wildman–Crippen LogP) is 1.38. The largest absolute Gasteiger partial charge is 0.335 e. The van der Waals surface area contributed by atoms with E-state index >= 15 is 0 Å². The molecule has 1 unspecified atom stereocenters. The fourth-order valence-corrected chi connectivity index (χ4v) is 3.35. The Morgan fingerprint density at radius 2 is 1.73 bits per heavy atom. The summed E-state index contributed by atoms with van der Waals surface area (Å²) < 4.78 is 0. The Kier molecular flexibility index (Phi) is 8.75. The molecule has 0 radical (unpaired) electrons. The van der Waals surface area contributed by atoms with Crippen LogP contribution in [0.4, 0.5) is 4.79 Å². The number of imide groups is 1. The third-order valence-corrected chi connectivity index (χ3v) is 4.56. The molecule has 22 heavy (non-hydrogen) atoms. The summed E-state index contributed by atoms with van der Waals surface area (Å²) in [5.74, 6) is -0.233. The topological polar surface area (TPSA) is 87.5 Å². The molecule has 0 aromatic rings. The summed E-state index contributed by atoms with van der Waals surface area (Å²) in [6, 6.07) is 0.137. The summed E-state index contributed by atoms with van der Waals surface area (Å²) in [5.41, 5.74) is 5.74. The molecule has 0 bridgehead atoms. The van der Waals surface area contributed by atoms with E-state index < -0.39 is 0 Å². The van der Waals surface area contributed by atoms with Crippen molar-refractivity contribution in [3.63, 3.8) is 0 Å². The first-order valence-corrected chi connectivity index (χ1v) is 8.23. The van der Waals surface area contributed by atoms with Crippen LogP contribution in [0.25, 0.3) is 0 Å². The Morgan fingerprint density at radius 1 is 1.05 bits per heavy atom. The van der Waals surface area contributed by atoms with Crippen LogP contribution in [-0.2, 0) is 4.79 Å². The minimum Gasteiger partial charge on any atom is -0.335 e. The minimum atomic E-state index is -0.354. The number of nitrogens with one attached hydrogen (secondary N) is 2. The van der Waals surface area contributed by atoms with E-state index in [1.165, 1.54) is 12.8 Å². The molecule has 1 heterocycles. The van der Waals surface area contributed by atoms with E-state index in [4.69, 9.17) is 5.73 Å². The van der Waals surface area contributed by atoms with Gasteiger partial charge in [0, 0.05) is 18.6 Å². The molecule has 1 aliphatic carbocycles. The maximum atomic E-state index is 12.0. The Hall–Kier alpha value is -0.850. The second-order valence-corrected chi connectivity index (χ2v) is 6.21. The van der Waals surface area contributed by atoms with Gasteiger partial charge in [0.05, 0.1) is 6.54 Å². The molecular formula is C15H29ClN4O2. The van der Waals surface area contributed by atoms with Gasteiger partial charge in [-0.1, -0.05) is 25.7 Å². The van der Waals surface area contributed by atoms with Gasteiger partial charge in [-0.15, -0.1) is 12.4 Å². The summed E-state index contributed by atoms with van der Waals surface area (Å²) >= 11 is 0. The zero-order valence-corrected chi connectivity index (χ0v) is 14.0. The quantitative estimate of drug-likeness (QED) is 0.725. The van der Waals surface area contributed by atoms with Gasteiger partial charge in [-0.05, 0) is 32.2 Å². The van der Waals surface area contributed by atoms with Crippen LogP contribution in [0, 0.1) is 0 Å². The number of hydrogen-bond donors (Lipinski definition) is 3. The number of halogens is 1. The monoisotopic (exact) mass is 332 g/mol. The molecule has 1 atom stereocenters. The molecule has 0 spiro atoms.